The molecular formula is C16H22FN3O. The van der Waals surface area contributed by atoms with E-state index in [1.807, 2.05) is 7.05 Å². The van der Waals surface area contributed by atoms with Crippen LogP contribution < -0.4 is 5.32 Å². The average molecular weight is 291 g/mol. The van der Waals surface area contributed by atoms with Crippen LogP contribution in [-0.2, 0) is 12.8 Å². The minimum Gasteiger partial charge on any atom is -0.339 e. The van der Waals surface area contributed by atoms with Gasteiger partial charge in [-0.05, 0) is 24.1 Å². The fourth-order valence-electron chi connectivity index (χ4n) is 2.27. The van der Waals surface area contributed by atoms with Crippen molar-refractivity contribution in [2.24, 2.45) is 5.41 Å². The predicted molar refractivity (Wildman–Crippen MR) is 79.5 cm³/mol. The summed E-state index contributed by atoms with van der Waals surface area (Å²) in [5.41, 5.74) is 0.667. The zero-order chi connectivity index (χ0) is 15.5. The molecule has 2 rings (SSSR count). The highest BCUT2D eigenvalue weighted by molar-refractivity contribution is 5.20. The second kappa shape index (κ2) is 6.35. The van der Waals surface area contributed by atoms with E-state index in [-0.39, 0.29) is 17.3 Å². The van der Waals surface area contributed by atoms with Crippen molar-refractivity contribution in [1.29, 1.82) is 0 Å². The van der Waals surface area contributed by atoms with Crippen molar-refractivity contribution >= 4 is 0 Å². The lowest BCUT2D eigenvalue weighted by molar-refractivity contribution is 0.255. The monoisotopic (exact) mass is 291 g/mol. The smallest absolute Gasteiger partial charge is 0.228 e. The summed E-state index contributed by atoms with van der Waals surface area (Å²) < 4.78 is 18.9. The largest absolute Gasteiger partial charge is 0.339 e. The molecule has 0 amide bonds. The van der Waals surface area contributed by atoms with Crippen LogP contribution >= 0.6 is 0 Å². The maximum atomic E-state index is 13.6. The molecule has 0 saturated carbocycles. The van der Waals surface area contributed by atoms with E-state index >= 15 is 0 Å². The molecule has 0 fully saturated rings. The van der Waals surface area contributed by atoms with Gasteiger partial charge in [-0.1, -0.05) is 44.1 Å². The van der Waals surface area contributed by atoms with Crippen LogP contribution in [0.25, 0.3) is 0 Å². The molecule has 0 radical (unpaired) electrons. The average Bonchev–Trinajstić information content (AvgIpc) is 2.85. The van der Waals surface area contributed by atoms with Crippen molar-refractivity contribution in [1.82, 2.24) is 15.5 Å². The highest BCUT2D eigenvalue weighted by Gasteiger charge is 2.25. The highest BCUT2D eigenvalue weighted by atomic mass is 19.1. The number of hydrogen-bond acceptors (Lipinski definition) is 4. The van der Waals surface area contributed by atoms with Crippen molar-refractivity contribution in [2.45, 2.75) is 39.7 Å². The van der Waals surface area contributed by atoms with E-state index in [1.54, 1.807) is 18.2 Å². The van der Waals surface area contributed by atoms with E-state index in [0.717, 1.165) is 0 Å². The quantitative estimate of drug-likeness (QED) is 0.920. The second-order valence-electron chi connectivity index (χ2n) is 6.28. The molecule has 5 heteroatoms. The molecular weight excluding hydrogens is 269 g/mol. The van der Waals surface area contributed by atoms with E-state index in [2.05, 4.69) is 36.2 Å². The molecule has 1 N–H and O–H groups in total. The second-order valence-corrected chi connectivity index (χ2v) is 6.28. The Kier molecular flexibility index (Phi) is 4.73. The minimum absolute atomic E-state index is 0.0922. The Labute approximate surface area is 124 Å². The van der Waals surface area contributed by atoms with Gasteiger partial charge in [-0.2, -0.15) is 4.98 Å². The van der Waals surface area contributed by atoms with Gasteiger partial charge in [0.2, 0.25) is 5.89 Å². The standard InChI is InChI=1S/C16H22FN3O/c1-16(2,3)13(18-4)10-15-19-14(20-21-15)9-11-7-5-6-8-12(11)17/h5-8,13,18H,9-10H2,1-4H3. The summed E-state index contributed by atoms with van der Waals surface area (Å²) in [6.07, 6.45) is 1.00. The Morgan fingerprint density at radius 2 is 2.00 bits per heavy atom. The van der Waals surface area contributed by atoms with Gasteiger partial charge in [0, 0.05) is 18.9 Å². The fourth-order valence-corrected chi connectivity index (χ4v) is 2.27. The molecule has 0 bridgehead atoms. The Balaban J connectivity index is 2.07. The van der Waals surface area contributed by atoms with Crippen LogP contribution in [0.15, 0.2) is 28.8 Å². The molecule has 114 valence electrons. The van der Waals surface area contributed by atoms with Gasteiger partial charge in [0.15, 0.2) is 5.82 Å². The summed E-state index contributed by atoms with van der Waals surface area (Å²) in [6.45, 7) is 6.47. The Morgan fingerprint density at radius 1 is 1.29 bits per heavy atom. The van der Waals surface area contributed by atoms with Gasteiger partial charge in [0.05, 0.1) is 0 Å². The summed E-state index contributed by atoms with van der Waals surface area (Å²) in [7, 11) is 1.92. The molecule has 21 heavy (non-hydrogen) atoms. The third kappa shape index (κ3) is 4.11. The Bertz CT molecular complexity index is 589. The normalized spacial score (nSPS) is 13.4. The highest BCUT2D eigenvalue weighted by Crippen LogP contribution is 2.22. The first-order chi connectivity index (χ1) is 9.90. The van der Waals surface area contributed by atoms with Crippen LogP contribution in [0.1, 0.15) is 38.0 Å². The summed E-state index contributed by atoms with van der Waals surface area (Å²) in [4.78, 5) is 4.36. The lowest BCUT2D eigenvalue weighted by atomic mass is 9.85. The van der Waals surface area contributed by atoms with E-state index in [1.165, 1.54) is 6.07 Å². The molecule has 1 atom stereocenters. The maximum Gasteiger partial charge on any atom is 0.228 e. The first-order valence-corrected chi connectivity index (χ1v) is 7.12. The number of hydrogen-bond donors (Lipinski definition) is 1. The molecule has 0 spiro atoms. The van der Waals surface area contributed by atoms with Crippen LogP contribution in [0, 0.1) is 11.2 Å². The number of nitrogens with one attached hydrogen (secondary N) is 1. The topological polar surface area (TPSA) is 51.0 Å². The predicted octanol–water partition coefficient (Wildman–Crippen LogP) is 2.98. The van der Waals surface area contributed by atoms with Crippen molar-refractivity contribution in [2.75, 3.05) is 7.05 Å². The van der Waals surface area contributed by atoms with E-state index in [4.69, 9.17) is 4.52 Å². The molecule has 0 aliphatic heterocycles. The van der Waals surface area contributed by atoms with Crippen molar-refractivity contribution in [3.63, 3.8) is 0 Å². The third-order valence-electron chi connectivity index (χ3n) is 3.59. The van der Waals surface area contributed by atoms with Crippen LogP contribution in [0.4, 0.5) is 4.39 Å². The van der Waals surface area contributed by atoms with Crippen molar-refractivity contribution in [3.8, 4) is 0 Å². The molecule has 1 aromatic heterocycles. The van der Waals surface area contributed by atoms with E-state index in [9.17, 15) is 4.39 Å². The Hall–Kier alpha value is -1.75. The lowest BCUT2D eigenvalue weighted by Gasteiger charge is -2.29. The number of aromatic nitrogens is 2. The van der Waals surface area contributed by atoms with Crippen LogP contribution in [0.3, 0.4) is 0 Å². The summed E-state index contributed by atoms with van der Waals surface area (Å²) in [6, 6.07) is 6.88. The number of likely N-dealkylation sites (N-methyl/N-ethyl adjacent to an activating group) is 1. The van der Waals surface area contributed by atoms with Crippen LogP contribution in [0.2, 0.25) is 0 Å². The van der Waals surface area contributed by atoms with E-state index < -0.39 is 0 Å². The first-order valence-electron chi connectivity index (χ1n) is 7.12. The summed E-state index contributed by atoms with van der Waals surface area (Å²) in [5.74, 6) is 0.848. The number of halogens is 1. The number of nitrogens with zero attached hydrogens (tertiary/aromatic N) is 2. The zero-order valence-electron chi connectivity index (χ0n) is 13.0. The summed E-state index contributed by atoms with van der Waals surface area (Å²) >= 11 is 0. The Morgan fingerprint density at radius 3 is 2.62 bits per heavy atom. The van der Waals surface area contributed by atoms with Gasteiger partial charge in [-0.15, -0.1) is 0 Å². The van der Waals surface area contributed by atoms with Gasteiger partial charge in [-0.25, -0.2) is 4.39 Å². The van der Waals surface area contributed by atoms with Crippen LogP contribution in [0.5, 0.6) is 0 Å². The number of benzene rings is 1. The van der Waals surface area contributed by atoms with Gasteiger partial charge in [0.25, 0.3) is 0 Å². The van der Waals surface area contributed by atoms with Gasteiger partial charge >= 0.3 is 0 Å². The van der Waals surface area contributed by atoms with Gasteiger partial charge in [0.1, 0.15) is 5.82 Å². The number of rotatable bonds is 5. The first kappa shape index (κ1) is 15.6. The van der Waals surface area contributed by atoms with Crippen molar-refractivity contribution < 1.29 is 8.91 Å². The molecule has 1 unspecified atom stereocenters. The third-order valence-corrected chi connectivity index (χ3v) is 3.59. The zero-order valence-corrected chi connectivity index (χ0v) is 13.0. The molecule has 1 aromatic carbocycles. The molecule has 2 aromatic rings. The summed E-state index contributed by atoms with van der Waals surface area (Å²) in [5, 5.41) is 7.21. The molecule has 0 aliphatic carbocycles. The molecule has 1 heterocycles. The van der Waals surface area contributed by atoms with Crippen LogP contribution in [-0.4, -0.2) is 23.2 Å². The van der Waals surface area contributed by atoms with Gasteiger partial charge in [-0.3, -0.25) is 0 Å². The SMILES string of the molecule is CNC(Cc1nc(Cc2ccccc2F)no1)C(C)(C)C. The maximum absolute atomic E-state index is 13.6. The van der Waals surface area contributed by atoms with E-state index in [0.29, 0.717) is 30.1 Å². The minimum atomic E-state index is -0.244. The van der Waals surface area contributed by atoms with Gasteiger partial charge < -0.3 is 9.84 Å². The lowest BCUT2D eigenvalue weighted by Crippen LogP contribution is -2.39. The fraction of sp³-hybridized carbons (Fsp3) is 0.500. The molecule has 0 saturated heterocycles. The van der Waals surface area contributed by atoms with Crippen molar-refractivity contribution in [3.05, 3.63) is 47.4 Å². The molecule has 4 nitrogen and oxygen atoms in total. The molecule has 0 aliphatic rings.